The Balaban J connectivity index is 2.27. The predicted octanol–water partition coefficient (Wildman–Crippen LogP) is 2.99. The second-order valence-electron chi connectivity index (χ2n) is 5.52. The van der Waals surface area contributed by atoms with Gasteiger partial charge in [-0.3, -0.25) is 9.59 Å². The maximum absolute atomic E-state index is 12.8. The third-order valence-electron chi connectivity index (χ3n) is 4.05. The van der Waals surface area contributed by atoms with Crippen molar-refractivity contribution in [2.45, 2.75) is 33.7 Å². The number of hydrogen-bond acceptors (Lipinski definition) is 3. The van der Waals surface area contributed by atoms with E-state index in [-0.39, 0.29) is 18.3 Å². The van der Waals surface area contributed by atoms with Crippen LogP contribution in [0, 0.1) is 6.92 Å². The highest BCUT2D eigenvalue weighted by molar-refractivity contribution is 6.01. The van der Waals surface area contributed by atoms with Crippen LogP contribution in [0.2, 0.25) is 0 Å². The number of aromatic nitrogens is 1. The van der Waals surface area contributed by atoms with Gasteiger partial charge in [-0.1, -0.05) is 18.2 Å². The first-order chi connectivity index (χ1) is 11.0. The summed E-state index contributed by atoms with van der Waals surface area (Å²) in [5.74, 6) is -0.343. The number of aryl methyl sites for hydroxylation is 2. The van der Waals surface area contributed by atoms with Gasteiger partial charge in [-0.25, -0.2) is 0 Å². The molecule has 0 N–H and O–H groups in total. The summed E-state index contributed by atoms with van der Waals surface area (Å²) in [5.41, 5.74) is 2.74. The maximum atomic E-state index is 12.8. The summed E-state index contributed by atoms with van der Waals surface area (Å²) in [6.07, 6.45) is 0.210. The van der Waals surface area contributed by atoms with Gasteiger partial charge < -0.3 is 14.2 Å². The van der Waals surface area contributed by atoms with Crippen LogP contribution < -0.4 is 0 Å². The minimum Gasteiger partial charge on any atom is -0.466 e. The molecule has 0 spiro atoms. The molecule has 5 nitrogen and oxygen atoms in total. The molecule has 1 heterocycles. The zero-order chi connectivity index (χ0) is 17.0. The average Bonchev–Trinajstić information content (AvgIpc) is 2.84. The average molecular weight is 316 g/mol. The van der Waals surface area contributed by atoms with Crippen molar-refractivity contribution >= 4 is 22.8 Å². The summed E-state index contributed by atoms with van der Waals surface area (Å²) in [6.45, 7) is 7.21. The van der Waals surface area contributed by atoms with E-state index in [1.807, 2.05) is 42.7 Å². The largest absolute Gasteiger partial charge is 0.466 e. The summed E-state index contributed by atoms with van der Waals surface area (Å²) in [5, 5.41) is 1.09. The molecule has 0 radical (unpaired) electrons. The fraction of sp³-hybridized carbons (Fsp3) is 0.444. The Morgan fingerprint density at radius 1 is 1.22 bits per heavy atom. The van der Waals surface area contributed by atoms with Crippen LogP contribution >= 0.6 is 0 Å². The van der Waals surface area contributed by atoms with E-state index in [9.17, 15) is 9.59 Å². The Bertz CT molecular complexity index is 718. The Morgan fingerprint density at radius 3 is 2.57 bits per heavy atom. The van der Waals surface area contributed by atoms with Crippen LogP contribution in [0.25, 0.3) is 10.9 Å². The van der Waals surface area contributed by atoms with E-state index in [4.69, 9.17) is 4.74 Å². The number of nitrogens with zero attached hydrogens (tertiary/aromatic N) is 2. The van der Waals surface area contributed by atoms with Crippen molar-refractivity contribution in [2.75, 3.05) is 20.2 Å². The SMILES string of the molecule is CCOC(=O)CCN(C)C(=O)c1c(C)c2ccccc2n1CC. The van der Waals surface area contributed by atoms with E-state index >= 15 is 0 Å². The molecule has 0 aliphatic carbocycles. The molecule has 0 unspecified atom stereocenters. The fourth-order valence-electron chi connectivity index (χ4n) is 2.86. The van der Waals surface area contributed by atoms with Crippen molar-refractivity contribution in [3.8, 4) is 0 Å². The van der Waals surface area contributed by atoms with Crippen molar-refractivity contribution in [3.05, 3.63) is 35.5 Å². The van der Waals surface area contributed by atoms with Gasteiger partial charge in [0.15, 0.2) is 0 Å². The number of amides is 1. The Hall–Kier alpha value is -2.30. The van der Waals surface area contributed by atoms with Gasteiger partial charge in [-0.2, -0.15) is 0 Å². The summed E-state index contributed by atoms with van der Waals surface area (Å²) in [4.78, 5) is 25.9. The minimum atomic E-state index is -0.278. The van der Waals surface area contributed by atoms with Crippen LogP contribution in [0.1, 0.15) is 36.3 Å². The van der Waals surface area contributed by atoms with Crippen molar-refractivity contribution < 1.29 is 14.3 Å². The van der Waals surface area contributed by atoms with Gasteiger partial charge in [-0.15, -0.1) is 0 Å². The molecule has 2 aromatic rings. The Labute approximate surface area is 136 Å². The molecule has 2 rings (SSSR count). The summed E-state index contributed by atoms with van der Waals surface area (Å²) in [7, 11) is 1.72. The van der Waals surface area contributed by atoms with Crippen molar-refractivity contribution in [2.24, 2.45) is 0 Å². The van der Waals surface area contributed by atoms with Gasteiger partial charge in [0.05, 0.1) is 13.0 Å². The second kappa shape index (κ2) is 7.31. The van der Waals surface area contributed by atoms with Crippen LogP contribution in [0.15, 0.2) is 24.3 Å². The van der Waals surface area contributed by atoms with E-state index in [1.54, 1.807) is 18.9 Å². The predicted molar refractivity (Wildman–Crippen MR) is 90.6 cm³/mol. The van der Waals surface area contributed by atoms with E-state index in [0.29, 0.717) is 18.8 Å². The second-order valence-corrected chi connectivity index (χ2v) is 5.52. The lowest BCUT2D eigenvalue weighted by molar-refractivity contribution is -0.143. The lowest BCUT2D eigenvalue weighted by Crippen LogP contribution is -2.31. The molecule has 1 aromatic heterocycles. The molecule has 124 valence electrons. The first kappa shape index (κ1) is 17.1. The lowest BCUT2D eigenvalue weighted by atomic mass is 10.1. The number of rotatable bonds is 6. The lowest BCUT2D eigenvalue weighted by Gasteiger charge is -2.18. The van der Waals surface area contributed by atoms with Gasteiger partial charge in [0, 0.05) is 31.0 Å². The van der Waals surface area contributed by atoms with Crippen molar-refractivity contribution in [1.29, 1.82) is 0 Å². The molecule has 0 fully saturated rings. The van der Waals surface area contributed by atoms with E-state index in [2.05, 4.69) is 0 Å². The van der Waals surface area contributed by atoms with Gasteiger partial charge in [0.25, 0.3) is 5.91 Å². The van der Waals surface area contributed by atoms with E-state index in [0.717, 1.165) is 23.0 Å². The number of ether oxygens (including phenoxy) is 1. The summed E-state index contributed by atoms with van der Waals surface area (Å²) >= 11 is 0. The molecule has 1 aromatic carbocycles. The molecule has 0 saturated carbocycles. The number of para-hydroxylation sites is 1. The van der Waals surface area contributed by atoms with E-state index < -0.39 is 0 Å². The molecule has 0 aliphatic heterocycles. The van der Waals surface area contributed by atoms with Gasteiger partial charge >= 0.3 is 5.97 Å². The summed E-state index contributed by atoms with van der Waals surface area (Å²) in [6, 6.07) is 8.02. The van der Waals surface area contributed by atoms with Gasteiger partial charge in [0.1, 0.15) is 5.69 Å². The van der Waals surface area contributed by atoms with Crippen LogP contribution in [0.5, 0.6) is 0 Å². The normalized spacial score (nSPS) is 10.8. The quantitative estimate of drug-likeness (QED) is 0.770. The standard InChI is InChI=1S/C18H24N2O3/c1-5-20-15-10-8-7-9-14(15)13(3)17(20)18(22)19(4)12-11-16(21)23-6-2/h7-10H,5-6,11-12H2,1-4H3. The maximum Gasteiger partial charge on any atom is 0.307 e. The first-order valence-corrected chi connectivity index (χ1v) is 8.00. The molecule has 0 aliphatic rings. The zero-order valence-corrected chi connectivity index (χ0v) is 14.3. The van der Waals surface area contributed by atoms with Crippen molar-refractivity contribution in [3.63, 3.8) is 0 Å². The number of hydrogen-bond donors (Lipinski definition) is 0. The molecular weight excluding hydrogens is 292 g/mol. The molecule has 0 saturated heterocycles. The molecule has 5 heteroatoms. The van der Waals surface area contributed by atoms with Crippen LogP contribution in [-0.4, -0.2) is 41.5 Å². The fourth-order valence-corrected chi connectivity index (χ4v) is 2.86. The molecule has 23 heavy (non-hydrogen) atoms. The van der Waals surface area contributed by atoms with Crippen LogP contribution in [-0.2, 0) is 16.1 Å². The van der Waals surface area contributed by atoms with Crippen LogP contribution in [0.3, 0.4) is 0 Å². The molecule has 0 bridgehead atoms. The minimum absolute atomic E-state index is 0.0650. The molecular formula is C18H24N2O3. The Kier molecular flexibility index (Phi) is 5.42. The van der Waals surface area contributed by atoms with E-state index in [1.165, 1.54) is 0 Å². The smallest absolute Gasteiger partial charge is 0.307 e. The third kappa shape index (κ3) is 3.38. The number of carbonyl (C=O) groups is 2. The third-order valence-corrected chi connectivity index (χ3v) is 4.05. The highest BCUT2D eigenvalue weighted by Crippen LogP contribution is 2.26. The number of esters is 1. The highest BCUT2D eigenvalue weighted by atomic mass is 16.5. The van der Waals surface area contributed by atoms with Crippen molar-refractivity contribution in [1.82, 2.24) is 9.47 Å². The Morgan fingerprint density at radius 2 is 1.91 bits per heavy atom. The number of benzene rings is 1. The molecule has 0 atom stereocenters. The topological polar surface area (TPSA) is 51.5 Å². The zero-order valence-electron chi connectivity index (χ0n) is 14.3. The van der Waals surface area contributed by atoms with Crippen LogP contribution in [0.4, 0.5) is 0 Å². The number of carbonyl (C=O) groups excluding carboxylic acids is 2. The first-order valence-electron chi connectivity index (χ1n) is 8.00. The van der Waals surface area contributed by atoms with Gasteiger partial charge in [0.2, 0.25) is 0 Å². The summed E-state index contributed by atoms with van der Waals surface area (Å²) < 4.78 is 6.95. The highest BCUT2D eigenvalue weighted by Gasteiger charge is 2.22. The monoisotopic (exact) mass is 316 g/mol. The molecule has 1 amide bonds. The number of fused-ring (bicyclic) bond motifs is 1. The van der Waals surface area contributed by atoms with Gasteiger partial charge in [-0.05, 0) is 32.4 Å².